The molecule has 1 aromatic rings. The van der Waals surface area contributed by atoms with Crippen LogP contribution in [0.2, 0.25) is 0 Å². The van der Waals surface area contributed by atoms with Crippen LogP contribution in [0.25, 0.3) is 0 Å². The van der Waals surface area contributed by atoms with Gasteiger partial charge in [0.15, 0.2) is 0 Å². The molecule has 5 heteroatoms. The lowest BCUT2D eigenvalue weighted by Gasteiger charge is -2.32. The van der Waals surface area contributed by atoms with Crippen LogP contribution in [0.1, 0.15) is 12.8 Å². The lowest BCUT2D eigenvalue weighted by molar-refractivity contribution is -0.0221. The van der Waals surface area contributed by atoms with Gasteiger partial charge in [0.05, 0.1) is 6.20 Å². The SMILES string of the molecule is FC1(F)CCN(c2cnccn2)CC1. The molecule has 1 aliphatic heterocycles. The third-order valence-electron chi connectivity index (χ3n) is 2.37. The van der Waals surface area contributed by atoms with E-state index >= 15 is 0 Å². The molecule has 2 heterocycles. The van der Waals surface area contributed by atoms with Gasteiger partial charge >= 0.3 is 0 Å². The molecule has 0 aliphatic carbocycles. The Hall–Kier alpha value is -1.26. The summed E-state index contributed by atoms with van der Waals surface area (Å²) in [7, 11) is 0. The number of nitrogens with zero attached hydrogens (tertiary/aromatic N) is 3. The van der Waals surface area contributed by atoms with Crippen molar-refractivity contribution in [2.75, 3.05) is 18.0 Å². The number of anilines is 1. The molecule has 1 aliphatic rings. The predicted octanol–water partition coefficient (Wildman–Crippen LogP) is 1.71. The smallest absolute Gasteiger partial charge is 0.251 e. The fraction of sp³-hybridized carbons (Fsp3) is 0.556. The number of halogens is 2. The van der Waals surface area contributed by atoms with Crippen molar-refractivity contribution >= 4 is 5.82 Å². The topological polar surface area (TPSA) is 29.0 Å². The number of rotatable bonds is 1. The zero-order valence-electron chi connectivity index (χ0n) is 7.66. The second-order valence-electron chi connectivity index (χ2n) is 3.41. The first-order chi connectivity index (χ1) is 6.67. The predicted molar refractivity (Wildman–Crippen MR) is 48.4 cm³/mol. The zero-order valence-corrected chi connectivity index (χ0v) is 7.66. The highest BCUT2D eigenvalue weighted by Gasteiger charge is 2.34. The van der Waals surface area contributed by atoms with E-state index in [2.05, 4.69) is 9.97 Å². The van der Waals surface area contributed by atoms with Gasteiger partial charge in [-0.25, -0.2) is 13.8 Å². The Morgan fingerprint density at radius 3 is 2.50 bits per heavy atom. The van der Waals surface area contributed by atoms with E-state index in [0.717, 1.165) is 0 Å². The van der Waals surface area contributed by atoms with Crippen LogP contribution in [0.5, 0.6) is 0 Å². The fourth-order valence-electron chi connectivity index (χ4n) is 1.52. The average molecular weight is 199 g/mol. The first-order valence-corrected chi connectivity index (χ1v) is 4.56. The van der Waals surface area contributed by atoms with Gasteiger partial charge in [-0.05, 0) is 0 Å². The van der Waals surface area contributed by atoms with Crippen molar-refractivity contribution in [3.63, 3.8) is 0 Å². The Morgan fingerprint density at radius 1 is 1.21 bits per heavy atom. The minimum absolute atomic E-state index is 0.0937. The lowest BCUT2D eigenvalue weighted by Crippen LogP contribution is -2.39. The van der Waals surface area contributed by atoms with Crippen LogP contribution in [0.15, 0.2) is 18.6 Å². The molecule has 3 nitrogen and oxygen atoms in total. The molecule has 76 valence electrons. The van der Waals surface area contributed by atoms with E-state index in [9.17, 15) is 8.78 Å². The molecule has 0 atom stereocenters. The van der Waals surface area contributed by atoms with Crippen LogP contribution in [0.3, 0.4) is 0 Å². The number of piperidine rings is 1. The highest BCUT2D eigenvalue weighted by molar-refractivity contribution is 5.35. The number of hydrogen-bond donors (Lipinski definition) is 0. The number of aromatic nitrogens is 2. The van der Waals surface area contributed by atoms with Crippen LogP contribution >= 0.6 is 0 Å². The van der Waals surface area contributed by atoms with Crippen LogP contribution < -0.4 is 4.90 Å². The van der Waals surface area contributed by atoms with Crippen LogP contribution in [-0.2, 0) is 0 Å². The molecule has 0 bridgehead atoms. The minimum Gasteiger partial charge on any atom is -0.355 e. The quantitative estimate of drug-likeness (QED) is 0.689. The Morgan fingerprint density at radius 2 is 1.93 bits per heavy atom. The summed E-state index contributed by atoms with van der Waals surface area (Å²) in [5.74, 6) is -1.82. The Balaban J connectivity index is 2.03. The van der Waals surface area contributed by atoms with Crippen molar-refractivity contribution < 1.29 is 8.78 Å². The number of hydrogen-bond acceptors (Lipinski definition) is 3. The lowest BCUT2D eigenvalue weighted by atomic mass is 10.1. The Labute approximate surface area is 80.8 Å². The highest BCUT2D eigenvalue weighted by Crippen LogP contribution is 2.29. The molecule has 0 spiro atoms. The maximum Gasteiger partial charge on any atom is 0.251 e. The first kappa shape index (κ1) is 9.30. The molecule has 0 saturated carbocycles. The third kappa shape index (κ3) is 1.97. The summed E-state index contributed by atoms with van der Waals surface area (Å²) >= 11 is 0. The van der Waals surface area contributed by atoms with E-state index in [1.54, 1.807) is 18.6 Å². The van der Waals surface area contributed by atoms with Gasteiger partial charge in [-0.2, -0.15) is 0 Å². The second-order valence-corrected chi connectivity index (χ2v) is 3.41. The summed E-state index contributed by atoms with van der Waals surface area (Å²) in [6.45, 7) is 0.706. The molecular formula is C9H11F2N3. The third-order valence-corrected chi connectivity index (χ3v) is 2.37. The fourth-order valence-corrected chi connectivity index (χ4v) is 1.52. The number of alkyl halides is 2. The van der Waals surface area contributed by atoms with Crippen molar-refractivity contribution in [2.24, 2.45) is 0 Å². The molecule has 0 amide bonds. The Bertz CT molecular complexity index is 292. The first-order valence-electron chi connectivity index (χ1n) is 4.56. The maximum absolute atomic E-state index is 12.8. The van der Waals surface area contributed by atoms with Gasteiger partial charge in [0.2, 0.25) is 0 Å². The van der Waals surface area contributed by atoms with E-state index in [1.807, 2.05) is 4.90 Å². The van der Waals surface area contributed by atoms with E-state index in [1.165, 1.54) is 0 Å². The molecule has 14 heavy (non-hydrogen) atoms. The molecule has 1 aromatic heterocycles. The van der Waals surface area contributed by atoms with E-state index in [-0.39, 0.29) is 12.8 Å². The zero-order chi connectivity index (χ0) is 10.0. The molecule has 1 saturated heterocycles. The van der Waals surface area contributed by atoms with Crippen molar-refractivity contribution in [1.29, 1.82) is 0 Å². The van der Waals surface area contributed by atoms with Gasteiger partial charge in [-0.3, -0.25) is 4.98 Å². The minimum atomic E-state index is -2.50. The van der Waals surface area contributed by atoms with Gasteiger partial charge in [-0.15, -0.1) is 0 Å². The largest absolute Gasteiger partial charge is 0.355 e. The van der Waals surface area contributed by atoms with Crippen molar-refractivity contribution in [1.82, 2.24) is 9.97 Å². The molecule has 0 radical (unpaired) electrons. The summed E-state index contributed by atoms with van der Waals surface area (Å²) in [5, 5.41) is 0. The molecule has 0 N–H and O–H groups in total. The molecule has 2 rings (SSSR count). The summed E-state index contributed by atoms with van der Waals surface area (Å²) in [6.07, 6.45) is 4.56. The Kier molecular flexibility index (Phi) is 2.31. The van der Waals surface area contributed by atoms with Gasteiger partial charge in [-0.1, -0.05) is 0 Å². The van der Waals surface area contributed by atoms with Crippen molar-refractivity contribution in [3.8, 4) is 0 Å². The summed E-state index contributed by atoms with van der Waals surface area (Å²) in [5.41, 5.74) is 0. The van der Waals surface area contributed by atoms with Crippen LogP contribution in [0, 0.1) is 0 Å². The molecule has 0 unspecified atom stereocenters. The van der Waals surface area contributed by atoms with Gasteiger partial charge in [0.25, 0.3) is 5.92 Å². The van der Waals surface area contributed by atoms with Crippen molar-refractivity contribution in [2.45, 2.75) is 18.8 Å². The summed E-state index contributed by atoms with van der Waals surface area (Å²) in [6, 6.07) is 0. The van der Waals surface area contributed by atoms with Gasteiger partial charge < -0.3 is 4.90 Å². The van der Waals surface area contributed by atoms with Crippen LogP contribution in [-0.4, -0.2) is 29.0 Å². The highest BCUT2D eigenvalue weighted by atomic mass is 19.3. The van der Waals surface area contributed by atoms with Crippen LogP contribution in [0.4, 0.5) is 14.6 Å². The van der Waals surface area contributed by atoms with Crippen molar-refractivity contribution in [3.05, 3.63) is 18.6 Å². The average Bonchev–Trinajstić information content (AvgIpc) is 2.19. The summed E-state index contributed by atoms with van der Waals surface area (Å²) in [4.78, 5) is 9.81. The monoisotopic (exact) mass is 199 g/mol. The van der Waals surface area contributed by atoms with E-state index in [4.69, 9.17) is 0 Å². The second kappa shape index (κ2) is 3.48. The summed E-state index contributed by atoms with van der Waals surface area (Å²) < 4.78 is 25.7. The van der Waals surface area contributed by atoms with Gasteiger partial charge in [0, 0.05) is 38.3 Å². The molecule has 0 aromatic carbocycles. The molecular weight excluding hydrogens is 188 g/mol. The van der Waals surface area contributed by atoms with E-state index < -0.39 is 5.92 Å². The van der Waals surface area contributed by atoms with E-state index in [0.29, 0.717) is 18.9 Å². The normalized spacial score (nSPS) is 20.9. The van der Waals surface area contributed by atoms with Gasteiger partial charge in [0.1, 0.15) is 5.82 Å². The molecule has 1 fully saturated rings. The standard InChI is InChI=1S/C9H11F2N3/c10-9(11)1-5-14(6-2-9)8-7-12-3-4-13-8/h3-4,7H,1-2,5-6H2. The maximum atomic E-state index is 12.8.